The largest absolute Gasteiger partial charge is 0.493 e. The van der Waals surface area contributed by atoms with E-state index in [-0.39, 0.29) is 0 Å². The first-order valence-electron chi connectivity index (χ1n) is 7.20. The number of aromatic nitrogens is 2. The van der Waals surface area contributed by atoms with Gasteiger partial charge in [-0.3, -0.25) is 0 Å². The zero-order valence-electron chi connectivity index (χ0n) is 12.5. The molecule has 0 spiro atoms. The average molecular weight is 286 g/mol. The average Bonchev–Trinajstić information content (AvgIpc) is 2.52. The first-order chi connectivity index (χ1) is 10.2. The minimum absolute atomic E-state index is 0.518. The summed E-state index contributed by atoms with van der Waals surface area (Å²) in [5, 5.41) is 11.4. The van der Waals surface area contributed by atoms with Crippen molar-refractivity contribution in [3.8, 4) is 17.0 Å². The van der Waals surface area contributed by atoms with Gasteiger partial charge < -0.3 is 15.8 Å². The van der Waals surface area contributed by atoms with E-state index < -0.39 is 0 Å². The zero-order chi connectivity index (χ0) is 15.1. The molecule has 0 saturated carbocycles. The number of nitrogens with one attached hydrogen (secondary N) is 1. The van der Waals surface area contributed by atoms with Crippen LogP contribution in [0.5, 0.6) is 5.75 Å². The Hall–Kier alpha value is -2.14. The van der Waals surface area contributed by atoms with E-state index in [2.05, 4.69) is 29.4 Å². The van der Waals surface area contributed by atoms with E-state index in [1.165, 1.54) is 0 Å². The fourth-order valence-corrected chi connectivity index (χ4v) is 1.77. The van der Waals surface area contributed by atoms with Gasteiger partial charge in [0.25, 0.3) is 0 Å². The highest BCUT2D eigenvalue weighted by Crippen LogP contribution is 2.21. The molecule has 0 radical (unpaired) electrons. The minimum Gasteiger partial charge on any atom is -0.493 e. The fraction of sp³-hybridized carbons (Fsp3) is 0.375. The van der Waals surface area contributed by atoms with Crippen molar-refractivity contribution in [3.05, 3.63) is 36.4 Å². The number of nitrogens with zero attached hydrogens (tertiary/aromatic N) is 2. The Bertz CT molecular complexity index is 537. The number of anilines is 1. The third kappa shape index (κ3) is 4.72. The minimum atomic E-state index is 0.518. The van der Waals surface area contributed by atoms with E-state index in [1.807, 2.05) is 36.4 Å². The molecule has 21 heavy (non-hydrogen) atoms. The lowest BCUT2D eigenvalue weighted by Gasteiger charge is -2.09. The Kier molecular flexibility index (Phi) is 5.51. The van der Waals surface area contributed by atoms with Gasteiger partial charge in [0.2, 0.25) is 0 Å². The molecule has 0 bridgehead atoms. The van der Waals surface area contributed by atoms with E-state index in [0.717, 1.165) is 29.4 Å². The first-order valence-corrected chi connectivity index (χ1v) is 7.20. The molecule has 0 aliphatic carbocycles. The number of nitrogens with two attached hydrogens (primary N) is 1. The number of hydrogen-bond acceptors (Lipinski definition) is 5. The van der Waals surface area contributed by atoms with Gasteiger partial charge in [-0.2, -0.15) is 0 Å². The van der Waals surface area contributed by atoms with Crippen LogP contribution in [-0.4, -0.2) is 29.9 Å². The summed E-state index contributed by atoms with van der Waals surface area (Å²) in [6.45, 7) is 6.24. The van der Waals surface area contributed by atoms with Crippen LogP contribution in [0.15, 0.2) is 36.4 Å². The molecule has 0 aliphatic rings. The topological polar surface area (TPSA) is 73.1 Å². The Morgan fingerprint density at radius 1 is 1.10 bits per heavy atom. The third-order valence-electron chi connectivity index (χ3n) is 2.85. The summed E-state index contributed by atoms with van der Waals surface area (Å²) >= 11 is 0. The molecule has 5 heteroatoms. The molecular weight excluding hydrogens is 264 g/mol. The van der Waals surface area contributed by atoms with Crippen LogP contribution in [0.3, 0.4) is 0 Å². The Balaban J connectivity index is 2.01. The van der Waals surface area contributed by atoms with E-state index in [9.17, 15) is 0 Å². The number of hydrogen-bond donors (Lipinski definition) is 2. The van der Waals surface area contributed by atoms with Gasteiger partial charge in [-0.05, 0) is 42.3 Å². The van der Waals surface area contributed by atoms with Crippen LogP contribution in [0, 0.1) is 5.92 Å². The van der Waals surface area contributed by atoms with Crippen molar-refractivity contribution in [1.29, 1.82) is 0 Å². The molecule has 0 saturated heterocycles. The predicted octanol–water partition coefficient (Wildman–Crippen LogP) is 2.55. The molecule has 112 valence electrons. The highest BCUT2D eigenvalue weighted by Gasteiger charge is 2.02. The first kappa shape index (κ1) is 15.3. The van der Waals surface area contributed by atoms with E-state index >= 15 is 0 Å². The van der Waals surface area contributed by atoms with Crippen molar-refractivity contribution in [2.45, 2.75) is 13.8 Å². The van der Waals surface area contributed by atoms with Crippen LogP contribution in [-0.2, 0) is 0 Å². The van der Waals surface area contributed by atoms with Gasteiger partial charge in [0.1, 0.15) is 11.6 Å². The molecule has 0 unspecified atom stereocenters. The van der Waals surface area contributed by atoms with Gasteiger partial charge in [0.05, 0.1) is 12.3 Å². The molecule has 2 aromatic rings. The SMILES string of the molecule is CC(C)COc1ccc(-c2ccc(NCCN)nn2)cc1. The summed E-state index contributed by atoms with van der Waals surface area (Å²) in [5.74, 6) is 2.13. The highest BCUT2D eigenvalue weighted by molar-refractivity contribution is 5.60. The molecule has 2 rings (SSSR count). The molecule has 1 aromatic heterocycles. The molecule has 0 atom stereocenters. The lowest BCUT2D eigenvalue weighted by atomic mass is 10.1. The second-order valence-electron chi connectivity index (χ2n) is 5.25. The van der Waals surface area contributed by atoms with E-state index in [1.54, 1.807) is 0 Å². The maximum absolute atomic E-state index is 5.66. The Morgan fingerprint density at radius 2 is 1.86 bits per heavy atom. The summed E-state index contributed by atoms with van der Waals surface area (Å²) in [7, 11) is 0. The number of rotatable bonds is 7. The predicted molar refractivity (Wildman–Crippen MR) is 85.3 cm³/mol. The van der Waals surface area contributed by atoms with Crippen molar-refractivity contribution in [2.75, 3.05) is 25.0 Å². The molecule has 3 N–H and O–H groups in total. The maximum atomic E-state index is 5.66. The lowest BCUT2D eigenvalue weighted by Crippen LogP contribution is -2.14. The van der Waals surface area contributed by atoms with Gasteiger partial charge in [-0.25, -0.2) is 0 Å². The van der Waals surface area contributed by atoms with Crippen LogP contribution in [0.4, 0.5) is 5.82 Å². The quantitative estimate of drug-likeness (QED) is 0.818. The standard InChI is InChI=1S/C16H22N4O/c1-12(2)11-21-14-5-3-13(4-6-14)15-7-8-16(20-19-15)18-10-9-17/h3-8,12H,9-11,17H2,1-2H3,(H,18,20). The molecule has 1 heterocycles. The van der Waals surface area contributed by atoms with Crippen molar-refractivity contribution >= 4 is 5.82 Å². The molecule has 5 nitrogen and oxygen atoms in total. The van der Waals surface area contributed by atoms with Crippen LogP contribution in [0.1, 0.15) is 13.8 Å². The van der Waals surface area contributed by atoms with Gasteiger partial charge in [-0.15, -0.1) is 10.2 Å². The van der Waals surface area contributed by atoms with Crippen LogP contribution in [0.2, 0.25) is 0 Å². The summed E-state index contributed by atoms with van der Waals surface area (Å²) in [6.07, 6.45) is 0. The maximum Gasteiger partial charge on any atom is 0.148 e. The highest BCUT2D eigenvalue weighted by atomic mass is 16.5. The van der Waals surface area contributed by atoms with Gasteiger partial charge in [0.15, 0.2) is 0 Å². The van der Waals surface area contributed by atoms with Gasteiger partial charge in [-0.1, -0.05) is 13.8 Å². The lowest BCUT2D eigenvalue weighted by molar-refractivity contribution is 0.271. The monoisotopic (exact) mass is 286 g/mol. The van der Waals surface area contributed by atoms with Crippen LogP contribution < -0.4 is 15.8 Å². The molecule has 0 amide bonds. The summed E-state index contributed by atoms with van der Waals surface area (Å²) in [5.41, 5.74) is 7.29. The summed E-state index contributed by atoms with van der Waals surface area (Å²) < 4.78 is 5.66. The van der Waals surface area contributed by atoms with Gasteiger partial charge in [0, 0.05) is 18.7 Å². The second kappa shape index (κ2) is 7.59. The Labute approximate surface area is 125 Å². The number of ether oxygens (including phenoxy) is 1. The summed E-state index contributed by atoms with van der Waals surface area (Å²) in [6, 6.07) is 11.7. The molecule has 0 aliphatic heterocycles. The summed E-state index contributed by atoms with van der Waals surface area (Å²) in [4.78, 5) is 0. The third-order valence-corrected chi connectivity index (χ3v) is 2.85. The zero-order valence-corrected chi connectivity index (χ0v) is 12.5. The van der Waals surface area contributed by atoms with E-state index in [0.29, 0.717) is 19.0 Å². The normalized spacial score (nSPS) is 10.7. The fourth-order valence-electron chi connectivity index (χ4n) is 1.77. The second-order valence-corrected chi connectivity index (χ2v) is 5.25. The van der Waals surface area contributed by atoms with Crippen molar-refractivity contribution in [1.82, 2.24) is 10.2 Å². The van der Waals surface area contributed by atoms with Crippen molar-refractivity contribution in [2.24, 2.45) is 11.7 Å². The van der Waals surface area contributed by atoms with E-state index in [4.69, 9.17) is 10.5 Å². The van der Waals surface area contributed by atoms with Crippen LogP contribution >= 0.6 is 0 Å². The smallest absolute Gasteiger partial charge is 0.148 e. The Morgan fingerprint density at radius 3 is 2.43 bits per heavy atom. The molecule has 0 fully saturated rings. The van der Waals surface area contributed by atoms with Crippen LogP contribution in [0.25, 0.3) is 11.3 Å². The van der Waals surface area contributed by atoms with Gasteiger partial charge >= 0.3 is 0 Å². The number of benzene rings is 1. The van der Waals surface area contributed by atoms with Crippen molar-refractivity contribution < 1.29 is 4.74 Å². The van der Waals surface area contributed by atoms with Crippen molar-refractivity contribution in [3.63, 3.8) is 0 Å². The molecular formula is C16H22N4O. The molecule has 1 aromatic carbocycles.